The predicted molar refractivity (Wildman–Crippen MR) is 119 cm³/mol. The lowest BCUT2D eigenvalue weighted by Gasteiger charge is -2.29. The van der Waals surface area contributed by atoms with Gasteiger partial charge in [0.2, 0.25) is 11.8 Å². The minimum Gasteiger partial charge on any atom is -0.474 e. The highest BCUT2D eigenvalue weighted by Gasteiger charge is 2.24. The Morgan fingerprint density at radius 1 is 0.933 bits per heavy atom. The lowest BCUT2D eigenvalue weighted by Crippen LogP contribution is -2.40. The van der Waals surface area contributed by atoms with Gasteiger partial charge in [0, 0.05) is 18.3 Å². The van der Waals surface area contributed by atoms with E-state index in [1.807, 2.05) is 55.6 Å². The summed E-state index contributed by atoms with van der Waals surface area (Å²) in [5.41, 5.74) is 4.52. The third-order valence-electron chi connectivity index (χ3n) is 5.64. The van der Waals surface area contributed by atoms with Crippen molar-refractivity contribution < 1.29 is 9.53 Å². The van der Waals surface area contributed by atoms with E-state index >= 15 is 0 Å². The number of benzene rings is 2. The molecule has 1 N–H and O–H groups in total. The van der Waals surface area contributed by atoms with Crippen LogP contribution in [0.5, 0.6) is 5.88 Å². The number of aryl methyl sites for hydroxylation is 1. The molecule has 1 aliphatic carbocycles. The van der Waals surface area contributed by atoms with Crippen LogP contribution in [0.2, 0.25) is 0 Å². The summed E-state index contributed by atoms with van der Waals surface area (Å²) in [6.07, 6.45) is 6.17. The van der Waals surface area contributed by atoms with Gasteiger partial charge in [0.15, 0.2) is 0 Å². The van der Waals surface area contributed by atoms with Gasteiger partial charge < -0.3 is 10.1 Å². The molecule has 3 aromatic rings. The zero-order valence-electron chi connectivity index (χ0n) is 17.4. The smallest absolute Gasteiger partial charge is 0.224 e. The van der Waals surface area contributed by atoms with Gasteiger partial charge in [0.05, 0.1) is 6.42 Å². The zero-order chi connectivity index (χ0) is 20.8. The molecule has 4 heteroatoms. The number of rotatable bonds is 6. The zero-order valence-corrected chi connectivity index (χ0v) is 17.4. The maximum Gasteiger partial charge on any atom is 0.224 e. The molecule has 0 aliphatic heterocycles. The number of carbonyl (C=O) groups is 1. The van der Waals surface area contributed by atoms with Crippen LogP contribution in [0, 0.1) is 6.92 Å². The summed E-state index contributed by atoms with van der Waals surface area (Å²) in [5, 5.41) is 3.20. The van der Waals surface area contributed by atoms with Crippen molar-refractivity contribution in [1.82, 2.24) is 10.3 Å². The molecule has 154 valence electrons. The van der Waals surface area contributed by atoms with Crippen molar-refractivity contribution in [2.24, 2.45) is 0 Å². The first kappa shape index (κ1) is 20.1. The summed E-state index contributed by atoms with van der Waals surface area (Å²) >= 11 is 0. The Kier molecular flexibility index (Phi) is 6.43. The van der Waals surface area contributed by atoms with Crippen molar-refractivity contribution in [3.63, 3.8) is 0 Å². The second kappa shape index (κ2) is 9.57. The fourth-order valence-corrected chi connectivity index (χ4v) is 3.93. The molecule has 0 atom stereocenters. The molecular formula is C26H28N2O2. The quantitative estimate of drug-likeness (QED) is 0.626. The molecule has 0 unspecified atom stereocenters. The molecule has 1 aromatic heterocycles. The van der Waals surface area contributed by atoms with Gasteiger partial charge in [-0.2, -0.15) is 0 Å². The molecule has 0 bridgehead atoms. The van der Waals surface area contributed by atoms with E-state index in [-0.39, 0.29) is 18.1 Å². The molecule has 4 rings (SSSR count). The molecular weight excluding hydrogens is 372 g/mol. The Balaban J connectivity index is 1.22. The summed E-state index contributed by atoms with van der Waals surface area (Å²) in [6, 6.07) is 22.7. The van der Waals surface area contributed by atoms with E-state index in [0.717, 1.165) is 36.8 Å². The van der Waals surface area contributed by atoms with E-state index in [9.17, 15) is 4.79 Å². The number of nitrogens with zero attached hydrogens (tertiary/aromatic N) is 1. The number of amides is 1. The summed E-state index contributed by atoms with van der Waals surface area (Å²) in [6.45, 7) is 2.02. The van der Waals surface area contributed by atoms with E-state index < -0.39 is 0 Å². The van der Waals surface area contributed by atoms with Crippen molar-refractivity contribution >= 4 is 5.91 Å². The first-order valence-corrected chi connectivity index (χ1v) is 10.7. The molecule has 0 saturated heterocycles. The second-order valence-corrected chi connectivity index (χ2v) is 8.07. The fourth-order valence-electron chi connectivity index (χ4n) is 3.93. The monoisotopic (exact) mass is 400 g/mol. The van der Waals surface area contributed by atoms with Gasteiger partial charge in [-0.15, -0.1) is 0 Å². The number of ether oxygens (including phenoxy) is 1. The highest BCUT2D eigenvalue weighted by atomic mass is 16.5. The SMILES string of the molecule is Cc1ccc(OC2CCC(NC(=O)Cc3ccc(-c4ccccc4)cc3)CC2)nc1. The minimum absolute atomic E-state index is 0.0898. The Labute approximate surface area is 178 Å². The summed E-state index contributed by atoms with van der Waals surface area (Å²) in [5.74, 6) is 0.777. The third-order valence-corrected chi connectivity index (χ3v) is 5.64. The summed E-state index contributed by atoms with van der Waals surface area (Å²) in [7, 11) is 0. The van der Waals surface area contributed by atoms with E-state index in [4.69, 9.17) is 4.74 Å². The van der Waals surface area contributed by atoms with Crippen molar-refractivity contribution in [2.45, 2.75) is 51.2 Å². The van der Waals surface area contributed by atoms with Crippen molar-refractivity contribution in [1.29, 1.82) is 0 Å². The van der Waals surface area contributed by atoms with Gasteiger partial charge in [-0.1, -0.05) is 60.7 Å². The normalized spacial score (nSPS) is 18.6. The molecule has 1 aliphatic rings. The summed E-state index contributed by atoms with van der Waals surface area (Å²) in [4.78, 5) is 16.8. The Morgan fingerprint density at radius 2 is 1.63 bits per heavy atom. The largest absolute Gasteiger partial charge is 0.474 e. The van der Waals surface area contributed by atoms with Crippen molar-refractivity contribution in [3.05, 3.63) is 84.1 Å². The van der Waals surface area contributed by atoms with Crippen LogP contribution in [-0.2, 0) is 11.2 Å². The first-order chi connectivity index (χ1) is 14.7. The minimum atomic E-state index is 0.0898. The number of hydrogen-bond acceptors (Lipinski definition) is 3. The number of hydrogen-bond donors (Lipinski definition) is 1. The Morgan fingerprint density at radius 3 is 2.30 bits per heavy atom. The molecule has 0 radical (unpaired) electrons. The van der Waals surface area contributed by atoms with Crippen LogP contribution < -0.4 is 10.1 Å². The molecule has 2 aromatic carbocycles. The van der Waals surface area contributed by atoms with Gasteiger partial charge in [-0.3, -0.25) is 4.79 Å². The number of nitrogens with one attached hydrogen (secondary N) is 1. The van der Waals surface area contributed by atoms with Crippen LogP contribution in [0.25, 0.3) is 11.1 Å². The molecule has 1 heterocycles. The molecule has 1 fully saturated rings. The highest BCUT2D eigenvalue weighted by molar-refractivity contribution is 5.79. The second-order valence-electron chi connectivity index (χ2n) is 8.07. The maximum absolute atomic E-state index is 12.5. The topological polar surface area (TPSA) is 51.2 Å². The standard InChI is InChI=1S/C26H28N2O2/c1-19-7-16-26(27-18-19)30-24-14-12-23(13-15-24)28-25(29)17-20-8-10-22(11-9-20)21-5-3-2-4-6-21/h2-11,16,18,23-24H,12-15,17H2,1H3,(H,28,29). The Bertz CT molecular complexity index is 945. The van der Waals surface area contributed by atoms with Gasteiger partial charge in [-0.05, 0) is 54.9 Å². The molecule has 30 heavy (non-hydrogen) atoms. The average Bonchev–Trinajstić information content (AvgIpc) is 2.78. The van der Waals surface area contributed by atoms with E-state index in [1.165, 1.54) is 11.1 Å². The van der Waals surface area contributed by atoms with E-state index in [0.29, 0.717) is 12.3 Å². The van der Waals surface area contributed by atoms with Crippen LogP contribution in [0.4, 0.5) is 0 Å². The van der Waals surface area contributed by atoms with Crippen LogP contribution in [-0.4, -0.2) is 23.0 Å². The van der Waals surface area contributed by atoms with E-state index in [2.05, 4.69) is 34.6 Å². The molecule has 0 spiro atoms. The number of aromatic nitrogens is 1. The molecule has 1 saturated carbocycles. The van der Waals surface area contributed by atoms with Gasteiger partial charge in [-0.25, -0.2) is 4.98 Å². The molecule has 4 nitrogen and oxygen atoms in total. The highest BCUT2D eigenvalue weighted by Crippen LogP contribution is 2.23. The third kappa shape index (κ3) is 5.47. The van der Waals surface area contributed by atoms with Crippen LogP contribution in [0.3, 0.4) is 0 Å². The number of carbonyl (C=O) groups excluding carboxylic acids is 1. The van der Waals surface area contributed by atoms with Crippen LogP contribution >= 0.6 is 0 Å². The lowest BCUT2D eigenvalue weighted by atomic mass is 9.92. The average molecular weight is 401 g/mol. The fraction of sp³-hybridized carbons (Fsp3) is 0.308. The predicted octanol–water partition coefficient (Wildman–Crippen LogP) is 5.11. The lowest BCUT2D eigenvalue weighted by molar-refractivity contribution is -0.121. The van der Waals surface area contributed by atoms with Gasteiger partial charge in [0.25, 0.3) is 0 Å². The number of pyridine rings is 1. The maximum atomic E-state index is 12.5. The molecule has 1 amide bonds. The van der Waals surface area contributed by atoms with Crippen LogP contribution in [0.1, 0.15) is 36.8 Å². The first-order valence-electron chi connectivity index (χ1n) is 10.7. The van der Waals surface area contributed by atoms with Crippen molar-refractivity contribution in [3.8, 4) is 17.0 Å². The van der Waals surface area contributed by atoms with E-state index in [1.54, 1.807) is 0 Å². The van der Waals surface area contributed by atoms with Crippen LogP contribution in [0.15, 0.2) is 72.9 Å². The Hall–Kier alpha value is -3.14. The van der Waals surface area contributed by atoms with Gasteiger partial charge >= 0.3 is 0 Å². The summed E-state index contributed by atoms with van der Waals surface area (Å²) < 4.78 is 5.98. The van der Waals surface area contributed by atoms with Crippen molar-refractivity contribution in [2.75, 3.05) is 0 Å². The van der Waals surface area contributed by atoms with Gasteiger partial charge in [0.1, 0.15) is 6.10 Å².